The van der Waals surface area contributed by atoms with Crippen LogP contribution in [0.5, 0.6) is 0 Å². The van der Waals surface area contributed by atoms with E-state index in [1.165, 1.54) is 0 Å². The molecule has 0 radical (unpaired) electrons. The maximum atomic E-state index is 13.0. The Bertz CT molecular complexity index is 1030. The minimum absolute atomic E-state index is 0.0470. The van der Waals surface area contributed by atoms with Crippen molar-refractivity contribution in [1.29, 1.82) is 5.26 Å². The average molecular weight is 384 g/mol. The lowest BCUT2D eigenvalue weighted by molar-refractivity contribution is 0.0723. The molecule has 0 saturated heterocycles. The average Bonchev–Trinajstić information content (AvgIpc) is 2.74. The predicted octanol–water partition coefficient (Wildman–Crippen LogP) is 4.86. The highest BCUT2D eigenvalue weighted by Gasteiger charge is 2.22. The SMILES string of the molecule is CCC(c1ccccn1)N(C)C(=O)c1ccc(-c2cc(C)c(C#N)c(C)n2)cc1. The normalized spacial score (nSPS) is 11.6. The third kappa shape index (κ3) is 4.17. The van der Waals surface area contributed by atoms with Crippen LogP contribution >= 0.6 is 0 Å². The van der Waals surface area contributed by atoms with Crippen LogP contribution in [0.3, 0.4) is 0 Å². The summed E-state index contributed by atoms with van der Waals surface area (Å²) in [5.74, 6) is -0.0470. The van der Waals surface area contributed by atoms with Crippen LogP contribution in [-0.2, 0) is 0 Å². The van der Waals surface area contributed by atoms with Gasteiger partial charge in [0, 0.05) is 24.4 Å². The van der Waals surface area contributed by atoms with Gasteiger partial charge in [-0.05, 0) is 56.2 Å². The molecule has 3 rings (SSSR count). The quantitative estimate of drug-likeness (QED) is 0.630. The Balaban J connectivity index is 1.84. The van der Waals surface area contributed by atoms with Crippen LogP contribution in [0.2, 0.25) is 0 Å². The standard InChI is InChI=1S/C24H24N4O/c1-5-23(21-8-6-7-13-26-21)28(4)24(29)19-11-9-18(10-12-19)22-14-16(2)20(15-25)17(3)27-22/h6-14,23H,5H2,1-4H3. The van der Waals surface area contributed by atoms with Gasteiger partial charge >= 0.3 is 0 Å². The fourth-order valence-electron chi connectivity index (χ4n) is 3.53. The summed E-state index contributed by atoms with van der Waals surface area (Å²) >= 11 is 0. The molecule has 146 valence electrons. The number of aromatic nitrogens is 2. The fourth-order valence-corrected chi connectivity index (χ4v) is 3.53. The molecule has 0 bridgehead atoms. The molecule has 1 aromatic carbocycles. The van der Waals surface area contributed by atoms with Crippen molar-refractivity contribution >= 4 is 5.91 Å². The third-order valence-electron chi connectivity index (χ3n) is 5.14. The second-order valence-corrected chi connectivity index (χ2v) is 7.07. The molecule has 5 nitrogen and oxygen atoms in total. The molecule has 1 amide bonds. The Labute approximate surface area is 171 Å². The fraction of sp³-hybridized carbons (Fsp3) is 0.250. The van der Waals surface area contributed by atoms with Gasteiger partial charge in [0.05, 0.1) is 28.7 Å². The van der Waals surface area contributed by atoms with Gasteiger partial charge in [-0.2, -0.15) is 5.26 Å². The van der Waals surface area contributed by atoms with Gasteiger partial charge in [0.25, 0.3) is 5.91 Å². The van der Waals surface area contributed by atoms with Crippen molar-refractivity contribution < 1.29 is 4.79 Å². The zero-order chi connectivity index (χ0) is 21.0. The molecule has 0 spiro atoms. The van der Waals surface area contributed by atoms with E-state index in [2.05, 4.69) is 16.0 Å². The smallest absolute Gasteiger partial charge is 0.254 e. The van der Waals surface area contributed by atoms with Crippen molar-refractivity contribution in [3.8, 4) is 17.3 Å². The van der Waals surface area contributed by atoms with Gasteiger partial charge in [-0.25, -0.2) is 0 Å². The van der Waals surface area contributed by atoms with E-state index in [0.717, 1.165) is 28.9 Å². The highest BCUT2D eigenvalue weighted by atomic mass is 16.2. The number of hydrogen-bond donors (Lipinski definition) is 0. The molecule has 1 atom stereocenters. The summed E-state index contributed by atoms with van der Waals surface area (Å²) in [6, 6.07) is 17.2. The van der Waals surface area contributed by atoms with Gasteiger partial charge in [-0.15, -0.1) is 0 Å². The van der Waals surface area contributed by atoms with E-state index in [0.29, 0.717) is 16.8 Å². The number of amides is 1. The predicted molar refractivity (Wildman–Crippen MR) is 113 cm³/mol. The summed E-state index contributed by atoms with van der Waals surface area (Å²) in [7, 11) is 1.81. The van der Waals surface area contributed by atoms with Crippen LogP contribution in [-0.4, -0.2) is 27.8 Å². The van der Waals surface area contributed by atoms with E-state index in [1.807, 2.05) is 76.3 Å². The Kier molecular flexibility index (Phi) is 6.04. The third-order valence-corrected chi connectivity index (χ3v) is 5.14. The van der Waals surface area contributed by atoms with Crippen LogP contribution in [0.1, 0.15) is 52.3 Å². The van der Waals surface area contributed by atoms with Crippen LogP contribution in [0, 0.1) is 25.2 Å². The summed E-state index contributed by atoms with van der Waals surface area (Å²) < 4.78 is 0. The van der Waals surface area contributed by atoms with E-state index in [-0.39, 0.29) is 11.9 Å². The van der Waals surface area contributed by atoms with Crippen LogP contribution < -0.4 is 0 Å². The van der Waals surface area contributed by atoms with E-state index >= 15 is 0 Å². The van der Waals surface area contributed by atoms with Gasteiger partial charge < -0.3 is 4.90 Å². The Morgan fingerprint density at radius 3 is 2.45 bits per heavy atom. The first-order valence-electron chi connectivity index (χ1n) is 9.63. The number of hydrogen-bond acceptors (Lipinski definition) is 4. The maximum absolute atomic E-state index is 13.0. The lowest BCUT2D eigenvalue weighted by atomic mass is 10.0. The van der Waals surface area contributed by atoms with Crippen molar-refractivity contribution in [3.05, 3.63) is 82.8 Å². The number of carbonyl (C=O) groups is 1. The molecule has 0 saturated carbocycles. The van der Waals surface area contributed by atoms with E-state index in [4.69, 9.17) is 0 Å². The zero-order valence-corrected chi connectivity index (χ0v) is 17.2. The topological polar surface area (TPSA) is 69.9 Å². The largest absolute Gasteiger partial charge is 0.333 e. The molecule has 0 aliphatic rings. The van der Waals surface area contributed by atoms with Crippen LogP contribution in [0.4, 0.5) is 0 Å². The molecule has 0 aliphatic heterocycles. The molecule has 2 heterocycles. The summed E-state index contributed by atoms with van der Waals surface area (Å²) in [5.41, 5.74) is 5.44. The van der Waals surface area contributed by atoms with Gasteiger partial charge in [-0.3, -0.25) is 14.8 Å². The van der Waals surface area contributed by atoms with Crippen molar-refractivity contribution in [2.45, 2.75) is 33.2 Å². The Morgan fingerprint density at radius 2 is 1.90 bits per heavy atom. The van der Waals surface area contributed by atoms with Crippen LogP contribution in [0.25, 0.3) is 11.3 Å². The number of pyridine rings is 2. The van der Waals surface area contributed by atoms with Crippen molar-refractivity contribution in [2.75, 3.05) is 7.05 Å². The van der Waals surface area contributed by atoms with Gasteiger partial charge in [0.1, 0.15) is 6.07 Å². The molecule has 29 heavy (non-hydrogen) atoms. The van der Waals surface area contributed by atoms with Gasteiger partial charge in [-0.1, -0.05) is 25.1 Å². The van der Waals surface area contributed by atoms with E-state index in [9.17, 15) is 10.1 Å². The minimum atomic E-state index is -0.0751. The van der Waals surface area contributed by atoms with E-state index < -0.39 is 0 Å². The first-order chi connectivity index (χ1) is 14.0. The van der Waals surface area contributed by atoms with Crippen LogP contribution in [0.15, 0.2) is 54.7 Å². The lowest BCUT2D eigenvalue weighted by Gasteiger charge is -2.27. The molecule has 0 N–H and O–H groups in total. The second kappa shape index (κ2) is 8.66. The molecular weight excluding hydrogens is 360 g/mol. The Morgan fingerprint density at radius 1 is 1.17 bits per heavy atom. The number of aryl methyl sites for hydroxylation is 2. The number of rotatable bonds is 5. The summed E-state index contributed by atoms with van der Waals surface area (Å²) in [4.78, 5) is 23.7. The van der Waals surface area contributed by atoms with Gasteiger partial charge in [0.15, 0.2) is 0 Å². The maximum Gasteiger partial charge on any atom is 0.254 e. The summed E-state index contributed by atoms with van der Waals surface area (Å²) in [6.45, 7) is 5.80. The minimum Gasteiger partial charge on any atom is -0.333 e. The first-order valence-corrected chi connectivity index (χ1v) is 9.63. The van der Waals surface area contributed by atoms with Crippen molar-refractivity contribution in [3.63, 3.8) is 0 Å². The lowest BCUT2D eigenvalue weighted by Crippen LogP contribution is -2.31. The highest BCUT2D eigenvalue weighted by molar-refractivity contribution is 5.94. The Hall–Kier alpha value is -3.52. The number of benzene rings is 1. The molecular formula is C24H24N4O. The molecule has 0 fully saturated rings. The molecule has 3 aromatic rings. The number of nitrogens with zero attached hydrogens (tertiary/aromatic N) is 4. The molecule has 2 aromatic heterocycles. The molecule has 5 heteroatoms. The summed E-state index contributed by atoms with van der Waals surface area (Å²) in [5, 5.41) is 9.22. The summed E-state index contributed by atoms with van der Waals surface area (Å²) in [6.07, 6.45) is 2.53. The van der Waals surface area contributed by atoms with E-state index in [1.54, 1.807) is 11.1 Å². The van der Waals surface area contributed by atoms with Gasteiger partial charge in [0.2, 0.25) is 0 Å². The zero-order valence-electron chi connectivity index (χ0n) is 17.2. The highest BCUT2D eigenvalue weighted by Crippen LogP contribution is 2.25. The second-order valence-electron chi connectivity index (χ2n) is 7.07. The molecule has 0 aliphatic carbocycles. The number of carbonyl (C=O) groups excluding carboxylic acids is 1. The van der Waals surface area contributed by atoms with Crippen molar-refractivity contribution in [1.82, 2.24) is 14.9 Å². The van der Waals surface area contributed by atoms with Crippen molar-refractivity contribution in [2.24, 2.45) is 0 Å². The monoisotopic (exact) mass is 384 g/mol. The first kappa shape index (κ1) is 20.2. The number of nitriles is 1. The molecule has 1 unspecified atom stereocenters.